The molecule has 106 valence electrons. The van der Waals surface area contributed by atoms with Gasteiger partial charge in [-0.3, -0.25) is 0 Å². The van der Waals surface area contributed by atoms with Crippen LogP contribution in [0.3, 0.4) is 0 Å². The van der Waals surface area contributed by atoms with E-state index in [0.717, 1.165) is 19.6 Å². The second-order valence-corrected chi connectivity index (χ2v) is 5.18. The van der Waals surface area contributed by atoms with E-state index in [-0.39, 0.29) is 6.09 Å². The van der Waals surface area contributed by atoms with Crippen LogP contribution in [-0.4, -0.2) is 48.3 Å². The first-order valence-corrected chi connectivity index (χ1v) is 5.88. The van der Waals surface area contributed by atoms with E-state index >= 15 is 0 Å². The lowest BCUT2D eigenvalue weighted by molar-refractivity contribution is 0.0201. The quantitative estimate of drug-likeness (QED) is 0.579. The number of hydrogen-bond donors (Lipinski definition) is 3. The number of urea groups is 1. The van der Waals surface area contributed by atoms with E-state index in [2.05, 4.69) is 23.7 Å². The van der Waals surface area contributed by atoms with Crippen LogP contribution in [0.25, 0.3) is 0 Å². The first kappa shape index (κ1) is 16.5. The fourth-order valence-corrected chi connectivity index (χ4v) is 1.42. The van der Waals surface area contributed by atoms with Crippen LogP contribution in [0.1, 0.15) is 27.7 Å². The van der Waals surface area contributed by atoms with E-state index in [9.17, 15) is 4.79 Å². The Morgan fingerprint density at radius 1 is 1.33 bits per heavy atom. The lowest BCUT2D eigenvalue weighted by Crippen LogP contribution is -2.52. The molecule has 0 saturated carbocycles. The minimum Gasteiger partial charge on any atom is -0.444 e. The third-order valence-corrected chi connectivity index (χ3v) is 2.02. The lowest BCUT2D eigenvalue weighted by atomic mass is 10.2. The zero-order chi connectivity index (χ0) is 14.3. The summed E-state index contributed by atoms with van der Waals surface area (Å²) in [5, 5.41) is 3.28. The average molecular weight is 260 g/mol. The van der Waals surface area contributed by atoms with Gasteiger partial charge in [0.05, 0.1) is 0 Å². The Bertz CT molecular complexity index is 285. The van der Waals surface area contributed by atoms with Gasteiger partial charge in [-0.1, -0.05) is 0 Å². The molecular weight excluding hydrogens is 236 g/mol. The van der Waals surface area contributed by atoms with Gasteiger partial charge in [0, 0.05) is 25.7 Å². The Labute approximate surface area is 108 Å². The molecule has 1 heterocycles. The summed E-state index contributed by atoms with van der Waals surface area (Å²) in [5.74, 6) is 0. The van der Waals surface area contributed by atoms with Crippen molar-refractivity contribution in [2.24, 2.45) is 11.5 Å². The minimum atomic E-state index is -0.833. The summed E-state index contributed by atoms with van der Waals surface area (Å²) >= 11 is 0. The summed E-state index contributed by atoms with van der Waals surface area (Å²) in [7, 11) is 0. The maximum Gasteiger partial charge on any atom is 0.410 e. The van der Waals surface area contributed by atoms with Crippen molar-refractivity contribution in [2.45, 2.75) is 39.3 Å². The highest BCUT2D eigenvalue weighted by Crippen LogP contribution is 2.11. The molecule has 7 nitrogen and oxygen atoms in total. The van der Waals surface area contributed by atoms with Gasteiger partial charge >= 0.3 is 12.1 Å². The summed E-state index contributed by atoms with van der Waals surface area (Å²) < 4.78 is 5.28. The van der Waals surface area contributed by atoms with Gasteiger partial charge in [0.25, 0.3) is 0 Å². The van der Waals surface area contributed by atoms with Gasteiger partial charge in [-0.25, -0.2) is 9.59 Å². The molecule has 0 aromatic rings. The molecule has 18 heavy (non-hydrogen) atoms. The van der Waals surface area contributed by atoms with Crippen molar-refractivity contribution in [1.82, 2.24) is 10.2 Å². The fourth-order valence-electron chi connectivity index (χ4n) is 1.42. The zero-order valence-electron chi connectivity index (χ0n) is 11.5. The highest BCUT2D eigenvalue weighted by atomic mass is 16.6. The Balaban J connectivity index is 0.000000631. The number of carbonyl (C=O) groups excluding carboxylic acids is 2. The average Bonchev–Trinajstić information content (AvgIpc) is 2.14. The third kappa shape index (κ3) is 8.63. The van der Waals surface area contributed by atoms with Gasteiger partial charge in [0.1, 0.15) is 5.60 Å². The maximum atomic E-state index is 11.6. The monoisotopic (exact) mass is 260 g/mol. The van der Waals surface area contributed by atoms with Crippen LogP contribution in [0.15, 0.2) is 0 Å². The maximum absolute atomic E-state index is 11.6. The van der Waals surface area contributed by atoms with Crippen molar-refractivity contribution in [2.75, 3.05) is 19.6 Å². The predicted molar refractivity (Wildman–Crippen MR) is 69.0 cm³/mol. The Hall–Kier alpha value is -1.50. The molecule has 1 saturated heterocycles. The van der Waals surface area contributed by atoms with E-state index in [4.69, 9.17) is 9.53 Å². The van der Waals surface area contributed by atoms with Gasteiger partial charge in [-0.15, -0.1) is 0 Å². The van der Waals surface area contributed by atoms with Crippen molar-refractivity contribution in [3.63, 3.8) is 0 Å². The molecule has 1 aliphatic heterocycles. The molecule has 1 fully saturated rings. The number of nitrogens with zero attached hydrogens (tertiary/aromatic N) is 1. The molecule has 0 spiro atoms. The molecule has 1 atom stereocenters. The van der Waals surface area contributed by atoms with Crippen molar-refractivity contribution in [1.29, 1.82) is 0 Å². The molecular formula is C11H24N4O3. The van der Waals surface area contributed by atoms with Crippen LogP contribution in [0, 0.1) is 0 Å². The van der Waals surface area contributed by atoms with Crippen molar-refractivity contribution in [3.8, 4) is 0 Å². The molecule has 0 aliphatic carbocycles. The highest BCUT2D eigenvalue weighted by molar-refractivity contribution is 5.69. The van der Waals surface area contributed by atoms with Crippen LogP contribution in [-0.2, 0) is 4.74 Å². The topological polar surface area (TPSA) is 111 Å². The third-order valence-electron chi connectivity index (χ3n) is 2.02. The summed E-state index contributed by atoms with van der Waals surface area (Å²) in [4.78, 5) is 22.4. The van der Waals surface area contributed by atoms with E-state index in [1.807, 2.05) is 20.8 Å². The highest BCUT2D eigenvalue weighted by Gasteiger charge is 2.25. The van der Waals surface area contributed by atoms with Crippen molar-refractivity contribution < 1.29 is 14.3 Å². The number of rotatable bonds is 0. The molecule has 1 rings (SSSR count). The van der Waals surface area contributed by atoms with E-state index in [1.54, 1.807) is 4.90 Å². The summed E-state index contributed by atoms with van der Waals surface area (Å²) in [6.07, 6.45) is -0.203. The zero-order valence-corrected chi connectivity index (χ0v) is 11.5. The van der Waals surface area contributed by atoms with Gasteiger partial charge in [-0.05, 0) is 27.7 Å². The standard InChI is InChI=1S/C10H20N2O2.CH4N2O/c1-8-7-12(6-5-11-8)9(13)14-10(2,3)4;2-1(3)4/h8,11H,5-7H2,1-4H3;(H4,2,3,4). The second kappa shape index (κ2) is 7.05. The van der Waals surface area contributed by atoms with E-state index in [1.165, 1.54) is 0 Å². The minimum absolute atomic E-state index is 0.203. The van der Waals surface area contributed by atoms with Crippen molar-refractivity contribution in [3.05, 3.63) is 0 Å². The molecule has 5 N–H and O–H groups in total. The second-order valence-electron chi connectivity index (χ2n) is 5.18. The number of piperazine rings is 1. The number of amides is 3. The Morgan fingerprint density at radius 2 is 1.83 bits per heavy atom. The first-order valence-electron chi connectivity index (χ1n) is 5.88. The van der Waals surface area contributed by atoms with Crippen LogP contribution in [0.4, 0.5) is 9.59 Å². The molecule has 1 aliphatic rings. The number of ether oxygens (including phenoxy) is 1. The van der Waals surface area contributed by atoms with E-state index < -0.39 is 11.6 Å². The largest absolute Gasteiger partial charge is 0.444 e. The van der Waals surface area contributed by atoms with Crippen LogP contribution < -0.4 is 16.8 Å². The molecule has 1 unspecified atom stereocenters. The molecule has 7 heteroatoms. The van der Waals surface area contributed by atoms with Gasteiger partial charge < -0.3 is 26.4 Å². The summed E-state index contributed by atoms with van der Waals surface area (Å²) in [5.41, 5.74) is 8.10. The smallest absolute Gasteiger partial charge is 0.410 e. The predicted octanol–water partition coefficient (Wildman–Crippen LogP) is 0.239. The first-order chi connectivity index (χ1) is 8.11. The Morgan fingerprint density at radius 3 is 2.22 bits per heavy atom. The number of hydrogen-bond acceptors (Lipinski definition) is 4. The summed E-state index contributed by atoms with van der Waals surface area (Å²) in [6.45, 7) is 10.0. The SMILES string of the molecule is CC1CN(C(=O)OC(C)(C)C)CCN1.NC(N)=O. The van der Waals surface area contributed by atoms with Crippen LogP contribution >= 0.6 is 0 Å². The van der Waals surface area contributed by atoms with Gasteiger partial charge in [0.15, 0.2) is 0 Å². The number of nitrogens with one attached hydrogen (secondary N) is 1. The molecule has 0 radical (unpaired) electrons. The van der Waals surface area contributed by atoms with Crippen molar-refractivity contribution >= 4 is 12.1 Å². The normalized spacial score (nSPS) is 19.6. The lowest BCUT2D eigenvalue weighted by Gasteiger charge is -2.33. The van der Waals surface area contributed by atoms with Gasteiger partial charge in [0.2, 0.25) is 0 Å². The molecule has 0 aromatic heterocycles. The molecule has 0 aromatic carbocycles. The number of carbonyl (C=O) groups is 2. The van der Waals surface area contributed by atoms with Crippen LogP contribution in [0.2, 0.25) is 0 Å². The molecule has 0 bridgehead atoms. The molecule has 3 amide bonds. The van der Waals surface area contributed by atoms with Crippen LogP contribution in [0.5, 0.6) is 0 Å². The number of nitrogens with two attached hydrogens (primary N) is 2. The number of primary amides is 2. The van der Waals surface area contributed by atoms with Gasteiger partial charge in [-0.2, -0.15) is 0 Å². The summed E-state index contributed by atoms with van der Waals surface area (Å²) in [6, 6.07) is -0.476. The van der Waals surface area contributed by atoms with E-state index in [0.29, 0.717) is 6.04 Å². The fraction of sp³-hybridized carbons (Fsp3) is 0.818. The Kier molecular flexibility index (Phi) is 6.46.